The second-order valence-electron chi connectivity index (χ2n) is 12.8. The van der Waals surface area contributed by atoms with Gasteiger partial charge in [0.2, 0.25) is 11.8 Å². The molecule has 0 aromatic heterocycles. The number of benzene rings is 4. The maximum Gasteiger partial charge on any atom is 0.417 e. The van der Waals surface area contributed by atoms with Gasteiger partial charge in [0.05, 0.1) is 28.3 Å². The predicted molar refractivity (Wildman–Crippen MR) is 188 cm³/mol. The molecule has 1 atom stereocenters. The van der Waals surface area contributed by atoms with Crippen LogP contribution in [-0.2, 0) is 38.8 Å². The number of ether oxygens (including phenoxy) is 1. The highest BCUT2D eigenvalue weighted by atomic mass is 35.5. The van der Waals surface area contributed by atoms with Gasteiger partial charge in [-0.15, -0.1) is 0 Å². The van der Waals surface area contributed by atoms with Crippen LogP contribution in [0.3, 0.4) is 0 Å². The molecule has 0 aliphatic rings. The fraction of sp³-hybridized carbons (Fsp3) is 0.297. The highest BCUT2D eigenvalue weighted by Crippen LogP contribution is 2.38. The van der Waals surface area contributed by atoms with E-state index in [0.717, 1.165) is 23.3 Å². The van der Waals surface area contributed by atoms with Crippen molar-refractivity contribution in [1.82, 2.24) is 10.2 Å². The molecule has 0 aliphatic carbocycles. The SMILES string of the molecule is COc1cccc(CN(C(=O)CN(c2ccc(Cl)c(C(F)(F)F)c2)S(=O)(=O)c2ccc(C)cc2)C(Cc2ccccc2)C(=O)NC(C)(C)C)c1. The first-order chi connectivity index (χ1) is 23.4. The summed E-state index contributed by atoms with van der Waals surface area (Å²) in [5.74, 6) is -0.855. The highest BCUT2D eigenvalue weighted by Gasteiger charge is 2.38. The molecule has 0 spiro atoms. The van der Waals surface area contributed by atoms with Crippen molar-refractivity contribution in [2.45, 2.75) is 63.3 Å². The summed E-state index contributed by atoms with van der Waals surface area (Å²) in [5.41, 5.74) is -0.367. The average Bonchev–Trinajstić information content (AvgIpc) is 3.05. The number of rotatable bonds is 12. The second kappa shape index (κ2) is 15.6. The third-order valence-electron chi connectivity index (χ3n) is 7.69. The molecule has 8 nitrogen and oxygen atoms in total. The van der Waals surface area contributed by atoms with Crippen LogP contribution in [-0.4, -0.2) is 50.4 Å². The van der Waals surface area contributed by atoms with E-state index in [1.165, 1.54) is 36.3 Å². The molecule has 1 unspecified atom stereocenters. The Labute approximate surface area is 295 Å². The molecule has 50 heavy (non-hydrogen) atoms. The highest BCUT2D eigenvalue weighted by molar-refractivity contribution is 7.92. The zero-order chi connectivity index (χ0) is 36.9. The Morgan fingerprint density at radius 1 is 0.880 bits per heavy atom. The van der Waals surface area contributed by atoms with Crippen molar-refractivity contribution < 1.29 is 35.9 Å². The number of sulfonamides is 1. The number of hydrogen-bond donors (Lipinski definition) is 1. The molecule has 4 aromatic carbocycles. The summed E-state index contributed by atoms with van der Waals surface area (Å²) < 4.78 is 76.4. The monoisotopic (exact) mass is 729 g/mol. The second-order valence-corrected chi connectivity index (χ2v) is 15.1. The Kier molecular flexibility index (Phi) is 11.9. The lowest BCUT2D eigenvalue weighted by Crippen LogP contribution is -2.56. The van der Waals surface area contributed by atoms with Gasteiger partial charge in [0, 0.05) is 18.5 Å². The smallest absolute Gasteiger partial charge is 0.417 e. The van der Waals surface area contributed by atoms with Crippen molar-refractivity contribution in [1.29, 1.82) is 0 Å². The Bertz CT molecular complexity index is 1920. The fourth-order valence-electron chi connectivity index (χ4n) is 5.23. The number of carbonyl (C=O) groups excluding carboxylic acids is 2. The first-order valence-electron chi connectivity index (χ1n) is 15.6. The maximum atomic E-state index is 14.6. The van der Waals surface area contributed by atoms with Gasteiger partial charge in [0.1, 0.15) is 18.3 Å². The van der Waals surface area contributed by atoms with Gasteiger partial charge in [-0.05, 0) is 81.3 Å². The standard InChI is InChI=1S/C37H39ClF3N3O5S/c1-25-14-17-30(18-15-25)50(47,48)44(28-16-19-32(38)31(22-28)37(39,40)41)24-34(45)43(23-27-12-9-13-29(20-27)49-5)33(35(46)42-36(2,3)4)21-26-10-7-6-8-11-26/h6-20,22,33H,21,23-24H2,1-5H3,(H,42,46). The molecule has 2 amide bonds. The number of aryl methyl sites for hydroxylation is 1. The van der Waals surface area contributed by atoms with Gasteiger partial charge in [-0.3, -0.25) is 13.9 Å². The summed E-state index contributed by atoms with van der Waals surface area (Å²) in [6.45, 7) is 6.01. The first kappa shape index (κ1) is 38.3. The Hall–Kier alpha value is -4.55. The van der Waals surface area contributed by atoms with Crippen molar-refractivity contribution in [3.8, 4) is 5.75 Å². The van der Waals surface area contributed by atoms with Crippen LogP contribution < -0.4 is 14.4 Å². The zero-order valence-corrected chi connectivity index (χ0v) is 29.9. The first-order valence-corrected chi connectivity index (χ1v) is 17.5. The van der Waals surface area contributed by atoms with Crippen molar-refractivity contribution in [2.75, 3.05) is 18.0 Å². The van der Waals surface area contributed by atoms with E-state index in [0.29, 0.717) is 21.7 Å². The van der Waals surface area contributed by atoms with E-state index >= 15 is 0 Å². The Balaban J connectivity index is 1.89. The molecule has 1 N–H and O–H groups in total. The van der Waals surface area contributed by atoms with Gasteiger partial charge in [0.25, 0.3) is 10.0 Å². The molecule has 0 saturated heterocycles. The molecule has 0 fully saturated rings. The molecule has 0 aliphatic heterocycles. The normalized spacial score (nSPS) is 12.6. The molecule has 0 heterocycles. The lowest BCUT2D eigenvalue weighted by molar-refractivity contribution is -0.140. The van der Waals surface area contributed by atoms with Crippen molar-refractivity contribution in [3.05, 3.63) is 124 Å². The molecule has 0 saturated carbocycles. The zero-order valence-electron chi connectivity index (χ0n) is 28.3. The minimum Gasteiger partial charge on any atom is -0.497 e. The minimum absolute atomic E-state index is 0.0579. The molecular formula is C37H39ClF3N3O5S. The maximum absolute atomic E-state index is 14.6. The van der Waals surface area contributed by atoms with Crippen LogP contribution in [0.25, 0.3) is 0 Å². The minimum atomic E-state index is -4.92. The largest absolute Gasteiger partial charge is 0.497 e. The number of carbonyl (C=O) groups is 2. The van der Waals surface area contributed by atoms with E-state index in [-0.39, 0.29) is 17.9 Å². The Morgan fingerprint density at radius 2 is 1.52 bits per heavy atom. The number of nitrogens with zero attached hydrogens (tertiary/aromatic N) is 2. The van der Waals surface area contributed by atoms with Crippen LogP contribution in [0.2, 0.25) is 5.02 Å². The van der Waals surface area contributed by atoms with E-state index in [1.807, 2.05) is 6.07 Å². The van der Waals surface area contributed by atoms with Gasteiger partial charge in [-0.2, -0.15) is 13.2 Å². The number of methoxy groups -OCH3 is 1. The van der Waals surface area contributed by atoms with Gasteiger partial charge >= 0.3 is 6.18 Å². The molecule has 0 radical (unpaired) electrons. The molecule has 266 valence electrons. The third kappa shape index (κ3) is 9.79. The number of anilines is 1. The molecule has 4 aromatic rings. The van der Waals surface area contributed by atoms with Crippen LogP contribution >= 0.6 is 11.6 Å². The Morgan fingerprint density at radius 3 is 2.12 bits per heavy atom. The number of halogens is 4. The van der Waals surface area contributed by atoms with Gasteiger partial charge in [-0.1, -0.05) is 71.8 Å². The van der Waals surface area contributed by atoms with Crippen molar-refractivity contribution >= 4 is 39.1 Å². The van der Waals surface area contributed by atoms with Gasteiger partial charge < -0.3 is 15.0 Å². The number of amides is 2. The van der Waals surface area contributed by atoms with E-state index in [1.54, 1.807) is 76.2 Å². The topological polar surface area (TPSA) is 96.0 Å². The lowest BCUT2D eigenvalue weighted by atomic mass is 10.0. The fourth-order valence-corrected chi connectivity index (χ4v) is 6.86. The van der Waals surface area contributed by atoms with E-state index < -0.39 is 62.4 Å². The predicted octanol–water partition coefficient (Wildman–Crippen LogP) is 7.43. The molecule has 0 bridgehead atoms. The number of hydrogen-bond acceptors (Lipinski definition) is 5. The summed E-state index contributed by atoms with van der Waals surface area (Å²) in [7, 11) is -3.16. The number of nitrogens with one attached hydrogen (secondary N) is 1. The lowest BCUT2D eigenvalue weighted by Gasteiger charge is -2.35. The summed E-state index contributed by atoms with van der Waals surface area (Å²) in [6.07, 6.45) is -4.86. The van der Waals surface area contributed by atoms with Crippen LogP contribution in [0.5, 0.6) is 5.75 Å². The van der Waals surface area contributed by atoms with Crippen LogP contribution in [0, 0.1) is 6.92 Å². The molecular weight excluding hydrogens is 691 g/mol. The van der Waals surface area contributed by atoms with E-state index in [2.05, 4.69) is 5.32 Å². The van der Waals surface area contributed by atoms with E-state index in [9.17, 15) is 31.2 Å². The molecule has 4 rings (SSSR count). The quantitative estimate of drug-likeness (QED) is 0.164. The summed E-state index contributed by atoms with van der Waals surface area (Å²) >= 11 is 5.89. The van der Waals surface area contributed by atoms with Crippen molar-refractivity contribution in [3.63, 3.8) is 0 Å². The third-order valence-corrected chi connectivity index (χ3v) is 9.81. The van der Waals surface area contributed by atoms with Crippen LogP contribution in [0.15, 0.2) is 102 Å². The van der Waals surface area contributed by atoms with E-state index in [4.69, 9.17) is 16.3 Å². The molecule has 13 heteroatoms. The van der Waals surface area contributed by atoms with Crippen LogP contribution in [0.4, 0.5) is 18.9 Å². The van der Waals surface area contributed by atoms with Crippen LogP contribution in [0.1, 0.15) is 43.0 Å². The van der Waals surface area contributed by atoms with Crippen molar-refractivity contribution in [2.24, 2.45) is 0 Å². The average molecular weight is 730 g/mol. The number of alkyl halides is 3. The summed E-state index contributed by atoms with van der Waals surface area (Å²) in [4.78, 5) is 29.7. The summed E-state index contributed by atoms with van der Waals surface area (Å²) in [6, 6.07) is 23.0. The van der Waals surface area contributed by atoms with Gasteiger partial charge in [0.15, 0.2) is 0 Å². The summed E-state index contributed by atoms with van der Waals surface area (Å²) in [5, 5.41) is 2.29. The van der Waals surface area contributed by atoms with Gasteiger partial charge in [-0.25, -0.2) is 8.42 Å².